The number of aryl methyl sites for hydroxylation is 2. The average molecular weight is 380 g/mol. The summed E-state index contributed by atoms with van der Waals surface area (Å²) in [5.41, 5.74) is 3.59. The van der Waals surface area contributed by atoms with Crippen LogP contribution in [0.15, 0.2) is 77.7 Å². The maximum atomic E-state index is 12.5. The van der Waals surface area contributed by atoms with Crippen LogP contribution >= 0.6 is 0 Å². The highest BCUT2D eigenvalue weighted by Crippen LogP contribution is 2.19. The lowest BCUT2D eigenvalue weighted by molar-refractivity contribution is 0.102. The SMILES string of the molecule is Cc1ccc(NS(=O)(=O)c2ccc(C(=O)Nc3ccccc3C)cc2)cc1. The van der Waals surface area contributed by atoms with E-state index in [4.69, 9.17) is 0 Å². The van der Waals surface area contributed by atoms with Gasteiger partial charge in [0.05, 0.1) is 4.90 Å². The third-order valence-electron chi connectivity index (χ3n) is 4.12. The quantitative estimate of drug-likeness (QED) is 0.691. The molecule has 0 aliphatic heterocycles. The van der Waals surface area contributed by atoms with Gasteiger partial charge in [-0.15, -0.1) is 0 Å². The Labute approximate surface area is 159 Å². The molecule has 0 aliphatic rings. The fourth-order valence-corrected chi connectivity index (χ4v) is 3.59. The normalized spacial score (nSPS) is 11.0. The molecule has 0 saturated carbocycles. The second-order valence-corrected chi connectivity index (χ2v) is 7.95. The lowest BCUT2D eigenvalue weighted by Crippen LogP contribution is -2.15. The van der Waals surface area contributed by atoms with E-state index in [1.165, 1.54) is 24.3 Å². The largest absolute Gasteiger partial charge is 0.322 e. The van der Waals surface area contributed by atoms with Crippen molar-refractivity contribution in [3.63, 3.8) is 0 Å². The second kappa shape index (κ2) is 7.63. The number of sulfonamides is 1. The minimum atomic E-state index is -3.72. The number of hydrogen-bond donors (Lipinski definition) is 2. The highest BCUT2D eigenvalue weighted by Gasteiger charge is 2.15. The summed E-state index contributed by atoms with van der Waals surface area (Å²) >= 11 is 0. The molecule has 1 amide bonds. The molecule has 0 aliphatic carbocycles. The van der Waals surface area contributed by atoms with Gasteiger partial charge < -0.3 is 5.32 Å². The molecule has 3 rings (SSSR count). The highest BCUT2D eigenvalue weighted by molar-refractivity contribution is 7.92. The number of anilines is 2. The number of benzene rings is 3. The molecule has 27 heavy (non-hydrogen) atoms. The number of carbonyl (C=O) groups excluding carboxylic acids is 1. The van der Waals surface area contributed by atoms with Crippen LogP contribution in [-0.2, 0) is 10.0 Å². The van der Waals surface area contributed by atoms with Gasteiger partial charge in [-0.25, -0.2) is 8.42 Å². The van der Waals surface area contributed by atoms with Crippen molar-refractivity contribution in [1.82, 2.24) is 0 Å². The van der Waals surface area contributed by atoms with Crippen molar-refractivity contribution in [2.24, 2.45) is 0 Å². The maximum Gasteiger partial charge on any atom is 0.261 e. The molecule has 6 heteroatoms. The van der Waals surface area contributed by atoms with Gasteiger partial charge in [-0.05, 0) is 61.9 Å². The van der Waals surface area contributed by atoms with Crippen molar-refractivity contribution in [2.75, 3.05) is 10.0 Å². The molecule has 138 valence electrons. The van der Waals surface area contributed by atoms with Gasteiger partial charge in [-0.1, -0.05) is 35.9 Å². The molecule has 0 bridgehead atoms. The molecule has 0 aromatic heterocycles. The molecule has 3 aromatic carbocycles. The summed E-state index contributed by atoms with van der Waals surface area (Å²) in [4.78, 5) is 12.5. The van der Waals surface area contributed by atoms with Gasteiger partial charge in [-0.3, -0.25) is 9.52 Å². The van der Waals surface area contributed by atoms with Crippen molar-refractivity contribution in [2.45, 2.75) is 18.7 Å². The molecular formula is C21H20N2O3S. The number of amides is 1. The van der Waals surface area contributed by atoms with E-state index in [2.05, 4.69) is 10.0 Å². The molecule has 3 aromatic rings. The van der Waals surface area contributed by atoms with Crippen LogP contribution in [0.2, 0.25) is 0 Å². The zero-order valence-corrected chi connectivity index (χ0v) is 15.9. The second-order valence-electron chi connectivity index (χ2n) is 6.26. The summed E-state index contributed by atoms with van der Waals surface area (Å²) in [5.74, 6) is -0.292. The van der Waals surface area contributed by atoms with Crippen molar-refractivity contribution < 1.29 is 13.2 Å². The lowest BCUT2D eigenvalue weighted by Gasteiger charge is -2.10. The molecule has 0 saturated heterocycles. The van der Waals surface area contributed by atoms with Gasteiger partial charge >= 0.3 is 0 Å². The summed E-state index contributed by atoms with van der Waals surface area (Å²) in [7, 11) is -3.72. The van der Waals surface area contributed by atoms with E-state index in [9.17, 15) is 13.2 Å². The van der Waals surface area contributed by atoms with Crippen molar-refractivity contribution in [1.29, 1.82) is 0 Å². The maximum absolute atomic E-state index is 12.5. The van der Waals surface area contributed by atoms with Crippen LogP contribution in [0, 0.1) is 13.8 Å². The smallest absolute Gasteiger partial charge is 0.261 e. The van der Waals surface area contributed by atoms with Crippen LogP contribution in [0.5, 0.6) is 0 Å². The molecule has 0 heterocycles. The molecular weight excluding hydrogens is 360 g/mol. The van der Waals surface area contributed by atoms with Crippen LogP contribution < -0.4 is 10.0 Å². The van der Waals surface area contributed by atoms with E-state index in [1.807, 2.05) is 50.2 Å². The number of nitrogens with one attached hydrogen (secondary N) is 2. The number of rotatable bonds is 5. The van der Waals surface area contributed by atoms with Gasteiger partial charge in [0.2, 0.25) is 0 Å². The Morgan fingerprint density at radius 3 is 2.07 bits per heavy atom. The first-order valence-corrected chi connectivity index (χ1v) is 9.90. The fraction of sp³-hybridized carbons (Fsp3) is 0.0952. The summed E-state index contributed by atoms with van der Waals surface area (Å²) in [6, 6.07) is 20.4. The summed E-state index contributed by atoms with van der Waals surface area (Å²) in [6.45, 7) is 3.83. The Morgan fingerprint density at radius 1 is 0.815 bits per heavy atom. The summed E-state index contributed by atoms with van der Waals surface area (Å²) in [6.07, 6.45) is 0. The Hall–Kier alpha value is -3.12. The van der Waals surface area contributed by atoms with E-state index in [1.54, 1.807) is 12.1 Å². The summed E-state index contributed by atoms with van der Waals surface area (Å²) < 4.78 is 27.5. The zero-order chi connectivity index (χ0) is 19.4. The molecule has 0 atom stereocenters. The fourth-order valence-electron chi connectivity index (χ4n) is 2.53. The monoisotopic (exact) mass is 380 g/mol. The van der Waals surface area contributed by atoms with Crippen molar-refractivity contribution in [3.05, 3.63) is 89.5 Å². The molecule has 0 spiro atoms. The minimum Gasteiger partial charge on any atom is -0.322 e. The van der Waals surface area contributed by atoms with Gasteiger partial charge in [0.25, 0.3) is 15.9 Å². The molecule has 2 N–H and O–H groups in total. The highest BCUT2D eigenvalue weighted by atomic mass is 32.2. The topological polar surface area (TPSA) is 75.3 Å². The standard InChI is InChI=1S/C21H20N2O3S/c1-15-7-11-18(12-8-15)23-27(25,26)19-13-9-17(10-14-19)21(24)22-20-6-4-3-5-16(20)2/h3-14,23H,1-2H3,(H,22,24). The first-order chi connectivity index (χ1) is 12.8. The Balaban J connectivity index is 1.75. The molecule has 0 radical (unpaired) electrons. The van der Waals surface area contributed by atoms with Crippen molar-refractivity contribution in [3.8, 4) is 0 Å². The van der Waals surface area contributed by atoms with Crippen LogP contribution in [0.4, 0.5) is 11.4 Å². The zero-order valence-electron chi connectivity index (χ0n) is 15.1. The number of para-hydroxylation sites is 1. The van der Waals surface area contributed by atoms with E-state index in [-0.39, 0.29) is 10.8 Å². The number of hydrogen-bond acceptors (Lipinski definition) is 3. The lowest BCUT2D eigenvalue weighted by atomic mass is 10.1. The van der Waals surface area contributed by atoms with Crippen LogP contribution in [0.3, 0.4) is 0 Å². The Morgan fingerprint density at radius 2 is 1.44 bits per heavy atom. The van der Waals surface area contributed by atoms with Crippen LogP contribution in [0.25, 0.3) is 0 Å². The van der Waals surface area contributed by atoms with E-state index in [0.717, 1.165) is 16.8 Å². The van der Waals surface area contributed by atoms with Gasteiger partial charge in [0, 0.05) is 16.9 Å². The third-order valence-corrected chi connectivity index (χ3v) is 5.52. The van der Waals surface area contributed by atoms with Crippen molar-refractivity contribution >= 4 is 27.3 Å². The summed E-state index contributed by atoms with van der Waals surface area (Å²) in [5, 5.41) is 2.83. The van der Waals surface area contributed by atoms with E-state index < -0.39 is 10.0 Å². The van der Waals surface area contributed by atoms with Gasteiger partial charge in [-0.2, -0.15) is 0 Å². The van der Waals surface area contributed by atoms with Crippen LogP contribution in [-0.4, -0.2) is 14.3 Å². The molecule has 0 unspecified atom stereocenters. The Bertz CT molecular complexity index is 1060. The predicted octanol–water partition coefficient (Wildman–Crippen LogP) is 4.36. The third kappa shape index (κ3) is 4.54. The first-order valence-electron chi connectivity index (χ1n) is 8.42. The first kappa shape index (κ1) is 18.7. The minimum absolute atomic E-state index is 0.0931. The van der Waals surface area contributed by atoms with Crippen LogP contribution in [0.1, 0.15) is 21.5 Å². The predicted molar refractivity (Wildman–Crippen MR) is 108 cm³/mol. The average Bonchev–Trinajstić information content (AvgIpc) is 2.65. The van der Waals surface area contributed by atoms with E-state index >= 15 is 0 Å². The van der Waals surface area contributed by atoms with Gasteiger partial charge in [0.1, 0.15) is 0 Å². The molecule has 0 fully saturated rings. The Kier molecular flexibility index (Phi) is 5.28. The van der Waals surface area contributed by atoms with E-state index in [0.29, 0.717) is 11.3 Å². The number of carbonyl (C=O) groups is 1. The van der Waals surface area contributed by atoms with Gasteiger partial charge in [0.15, 0.2) is 0 Å². The molecule has 5 nitrogen and oxygen atoms in total.